The third-order valence-electron chi connectivity index (χ3n) is 3.29. The molecule has 0 unspecified atom stereocenters. The van der Waals surface area contributed by atoms with Gasteiger partial charge in [0.15, 0.2) is 0 Å². The molecule has 0 radical (unpaired) electrons. The van der Waals surface area contributed by atoms with Gasteiger partial charge < -0.3 is 0 Å². The molecule has 12 heavy (non-hydrogen) atoms. The summed E-state index contributed by atoms with van der Waals surface area (Å²) in [5.74, 6) is 5.63. The Morgan fingerprint density at radius 2 is 1.00 bits per heavy atom. The van der Waals surface area contributed by atoms with Gasteiger partial charge in [0.2, 0.25) is 0 Å². The minimum absolute atomic E-state index is 0.0556. The molecular weight excluding hydrogens is 140 g/mol. The Kier molecular flexibility index (Phi) is 3.36. The maximum Gasteiger partial charge on any atom is 0.125 e. The summed E-state index contributed by atoms with van der Waals surface area (Å²) in [6.45, 7) is 0. The van der Waals surface area contributed by atoms with Crippen molar-refractivity contribution in [2.75, 3.05) is 0 Å². The summed E-state index contributed by atoms with van der Waals surface area (Å²) in [4.78, 5) is 0. The Morgan fingerprint density at radius 3 is 1.00 bits per heavy atom. The van der Waals surface area contributed by atoms with Gasteiger partial charge in [-0.25, -0.2) is 0 Å². The van der Waals surface area contributed by atoms with E-state index in [1.807, 2.05) is 0 Å². The lowest BCUT2D eigenvalue weighted by molar-refractivity contribution is 0.468. The van der Waals surface area contributed by atoms with Gasteiger partial charge in [-0.2, -0.15) is 0 Å². The SMILES string of the molecule is BC(B)(B)C(B)(NN)C(B)(B)B. The molecule has 2 nitrogen and oxygen atoms in total. The third kappa shape index (κ3) is 2.00. The van der Waals surface area contributed by atoms with E-state index in [1.54, 1.807) is 0 Å². The molecule has 0 aliphatic rings. The van der Waals surface area contributed by atoms with Crippen LogP contribution in [0.3, 0.4) is 0 Å². The maximum atomic E-state index is 5.63. The molecule has 3 N–H and O–H groups in total. The Bertz CT molecular complexity index is 143. The van der Waals surface area contributed by atoms with Crippen LogP contribution >= 0.6 is 0 Å². The molecule has 0 rings (SSSR count). The van der Waals surface area contributed by atoms with Crippen molar-refractivity contribution in [3.05, 3.63) is 0 Å². The fourth-order valence-electron chi connectivity index (χ4n) is 1.56. The van der Waals surface area contributed by atoms with Gasteiger partial charge in [-0.05, 0) is 5.44 Å². The summed E-state index contributed by atoms with van der Waals surface area (Å²) in [6, 6.07) is 0. The zero-order chi connectivity index (χ0) is 10.2. The zero-order valence-electron chi connectivity index (χ0n) is 9.58. The lowest BCUT2D eigenvalue weighted by Gasteiger charge is -2.52. The van der Waals surface area contributed by atoms with Gasteiger partial charge in [-0.15, -0.1) is 10.2 Å². The fraction of sp³-hybridized carbons (Fsp3) is 1.00. The molecule has 0 aromatic carbocycles. The van der Waals surface area contributed by atoms with Gasteiger partial charge in [0.05, 0.1) is 47.1 Å². The van der Waals surface area contributed by atoms with Gasteiger partial charge in [0.1, 0.15) is 7.85 Å². The van der Waals surface area contributed by atoms with E-state index in [0.717, 1.165) is 0 Å². The van der Waals surface area contributed by atoms with Crippen molar-refractivity contribution in [3.8, 4) is 0 Å². The van der Waals surface area contributed by atoms with Crippen molar-refractivity contribution in [1.82, 2.24) is 5.43 Å². The monoisotopic (exact) mass is 158 g/mol. The highest BCUT2D eigenvalue weighted by Gasteiger charge is 2.44. The first-order valence-electron chi connectivity index (χ1n) is 4.54. The molecule has 0 atom stereocenters. The van der Waals surface area contributed by atoms with Crippen molar-refractivity contribution in [2.24, 2.45) is 5.84 Å². The second-order valence-electron chi connectivity index (χ2n) is 5.77. The van der Waals surface area contributed by atoms with Crippen molar-refractivity contribution >= 4 is 54.9 Å². The lowest BCUT2D eigenvalue weighted by atomic mass is 9.18. The number of rotatable bonds is 3. The van der Waals surface area contributed by atoms with Crippen LogP contribution in [-0.2, 0) is 0 Å². The van der Waals surface area contributed by atoms with Crippen LogP contribution in [0.4, 0.5) is 0 Å². The Balaban J connectivity index is 4.95. The first-order chi connectivity index (χ1) is 5.06. The molecule has 0 saturated carbocycles. The molecule has 0 saturated heterocycles. The van der Waals surface area contributed by atoms with E-state index < -0.39 is 0 Å². The zero-order valence-corrected chi connectivity index (χ0v) is 9.58. The van der Waals surface area contributed by atoms with Gasteiger partial charge in [-0.3, -0.25) is 11.3 Å². The highest BCUT2D eigenvalue weighted by atomic mass is 15.3. The van der Waals surface area contributed by atoms with Crippen molar-refractivity contribution in [2.45, 2.75) is 15.7 Å². The average Bonchev–Trinajstić information content (AvgIpc) is 1.81. The van der Waals surface area contributed by atoms with Crippen molar-refractivity contribution in [1.29, 1.82) is 0 Å². The average molecular weight is 157 g/mol. The molecule has 0 aliphatic carbocycles. The minimum atomic E-state index is -0.0556. The third-order valence-corrected chi connectivity index (χ3v) is 3.29. The number of nitrogens with two attached hydrogens (primary N) is 1. The second kappa shape index (κ2) is 3.26. The van der Waals surface area contributed by atoms with Crippen LogP contribution in [0.15, 0.2) is 0 Å². The Labute approximate surface area is 82.4 Å². The van der Waals surface area contributed by atoms with Gasteiger partial charge >= 0.3 is 0 Å². The van der Waals surface area contributed by atoms with Crippen LogP contribution in [0.5, 0.6) is 0 Å². The van der Waals surface area contributed by atoms with Gasteiger partial charge in [0, 0.05) is 0 Å². The van der Waals surface area contributed by atoms with E-state index >= 15 is 0 Å². The number of hydrogen-bond acceptors (Lipinski definition) is 2. The molecule has 0 amide bonds. The number of hydrogen-bond donors (Lipinski definition) is 2. The molecule has 0 bridgehead atoms. The topological polar surface area (TPSA) is 38.0 Å². The minimum Gasteiger partial charge on any atom is -0.272 e. The van der Waals surface area contributed by atoms with Crippen LogP contribution in [-0.4, -0.2) is 60.4 Å². The van der Waals surface area contributed by atoms with E-state index in [4.69, 9.17) is 5.84 Å². The van der Waals surface area contributed by atoms with Crippen LogP contribution in [0, 0.1) is 0 Å². The molecule has 0 fully saturated rings. The number of nitrogens with one attached hydrogen (secondary N) is 1. The normalized spacial score (nSPS) is 14.4. The van der Waals surface area contributed by atoms with E-state index in [-0.39, 0.29) is 15.7 Å². The molecule has 0 spiro atoms. The summed E-state index contributed by atoms with van der Waals surface area (Å²) in [6.07, 6.45) is 0. The Hall–Kier alpha value is 0.375. The van der Waals surface area contributed by atoms with Crippen molar-refractivity contribution in [3.63, 3.8) is 0 Å². The highest BCUT2D eigenvalue weighted by molar-refractivity contribution is 6.69. The summed E-state index contributed by atoms with van der Waals surface area (Å²) >= 11 is 0. The van der Waals surface area contributed by atoms with Crippen LogP contribution in [0.25, 0.3) is 0 Å². The van der Waals surface area contributed by atoms with E-state index in [9.17, 15) is 0 Å². The first-order valence-corrected chi connectivity index (χ1v) is 4.54. The predicted molar refractivity (Wildman–Crippen MR) is 75.2 cm³/mol. The summed E-state index contributed by atoms with van der Waals surface area (Å²) in [5.41, 5.74) is 2.90. The molecular formula is C3H17B7N2. The summed E-state index contributed by atoms with van der Waals surface area (Å²) in [7, 11) is 15.4. The van der Waals surface area contributed by atoms with E-state index in [0.29, 0.717) is 0 Å². The summed E-state index contributed by atoms with van der Waals surface area (Å²) in [5, 5.41) is 0.306. The second-order valence-corrected chi connectivity index (χ2v) is 5.77. The number of hydrazine groups is 1. The van der Waals surface area contributed by atoms with Crippen LogP contribution in [0.2, 0.25) is 10.2 Å². The van der Waals surface area contributed by atoms with Crippen molar-refractivity contribution < 1.29 is 0 Å². The van der Waals surface area contributed by atoms with Gasteiger partial charge in [0.25, 0.3) is 0 Å². The molecule has 0 aromatic rings. The predicted octanol–water partition coefficient (Wildman–Crippen LogP) is -7.27. The molecule has 9 heteroatoms. The first kappa shape index (κ1) is 12.4. The fourth-order valence-corrected chi connectivity index (χ4v) is 1.56. The quantitative estimate of drug-likeness (QED) is 0.242. The smallest absolute Gasteiger partial charge is 0.125 e. The molecule has 0 aliphatic heterocycles. The highest BCUT2D eigenvalue weighted by Crippen LogP contribution is 2.38. The van der Waals surface area contributed by atoms with Crippen LogP contribution < -0.4 is 11.3 Å². The standard InChI is InChI=1S/C3H17B7N2/c4-1(12-11,2(5,6)7)3(8,9)10/h12H,4-11H2. The molecule has 0 heterocycles. The summed E-state index contributed by atoms with van der Waals surface area (Å²) < 4.78 is 0. The molecule has 0 aromatic heterocycles. The maximum absolute atomic E-state index is 5.63. The molecule has 60 valence electrons. The van der Waals surface area contributed by atoms with E-state index in [1.165, 1.54) is 0 Å². The Morgan fingerprint density at radius 1 is 0.750 bits per heavy atom. The lowest BCUT2D eigenvalue weighted by Crippen LogP contribution is -2.66. The van der Waals surface area contributed by atoms with Crippen LogP contribution in [0.1, 0.15) is 0 Å². The largest absolute Gasteiger partial charge is 0.272 e. The van der Waals surface area contributed by atoms with Gasteiger partial charge in [-0.1, -0.05) is 0 Å². The van der Waals surface area contributed by atoms with E-state index in [2.05, 4.69) is 60.3 Å².